The van der Waals surface area contributed by atoms with Crippen molar-refractivity contribution >= 4 is 23.8 Å². The zero-order valence-corrected chi connectivity index (χ0v) is 18.1. The Hall–Kier alpha value is -3.64. The highest BCUT2D eigenvalue weighted by Gasteiger charge is 2.34. The Morgan fingerprint density at radius 2 is 2.03 bits per heavy atom. The minimum absolute atomic E-state index is 0.0674. The van der Waals surface area contributed by atoms with Crippen LogP contribution in [0.3, 0.4) is 0 Å². The molecule has 164 valence electrons. The van der Waals surface area contributed by atoms with Crippen LogP contribution in [0.4, 0.5) is 10.2 Å². The topological polar surface area (TPSA) is 92.9 Å². The summed E-state index contributed by atoms with van der Waals surface area (Å²) < 4.78 is 14.3. The number of nitrogens with zero attached hydrogens (tertiary/aromatic N) is 6. The van der Waals surface area contributed by atoms with Crippen LogP contribution >= 0.6 is 0 Å². The fraction of sp³-hybridized carbons (Fsp3) is 0.348. The summed E-state index contributed by atoms with van der Waals surface area (Å²) in [6.07, 6.45) is 2.88. The summed E-state index contributed by atoms with van der Waals surface area (Å²) in [5.74, 6) is -1.60. The van der Waals surface area contributed by atoms with Crippen LogP contribution in [0.1, 0.15) is 39.9 Å². The molecule has 0 aliphatic carbocycles. The molecule has 1 unspecified atom stereocenters. The number of aromatic nitrogens is 1. The van der Waals surface area contributed by atoms with E-state index in [9.17, 15) is 14.0 Å². The predicted molar refractivity (Wildman–Crippen MR) is 117 cm³/mol. The third-order valence-corrected chi connectivity index (χ3v) is 6.15. The number of benzene rings is 1. The summed E-state index contributed by atoms with van der Waals surface area (Å²) in [7, 11) is 2.04. The first kappa shape index (κ1) is 21.6. The molecule has 3 heterocycles. The number of likely N-dealkylation sites (N-methyl/N-ethyl adjacent to an activating group) is 1. The van der Waals surface area contributed by atoms with Crippen LogP contribution in [0.15, 0.2) is 35.6 Å². The monoisotopic (exact) mass is 434 g/mol. The Morgan fingerprint density at radius 1 is 1.25 bits per heavy atom. The Kier molecular flexibility index (Phi) is 5.72. The fourth-order valence-corrected chi connectivity index (χ4v) is 3.95. The average Bonchev–Trinajstić information content (AvgIpc) is 3.18. The number of halogens is 1. The highest BCUT2D eigenvalue weighted by atomic mass is 19.1. The van der Waals surface area contributed by atoms with Gasteiger partial charge in [0.25, 0.3) is 11.8 Å². The largest absolute Gasteiger partial charge is 0.336 e. The number of piperazine rings is 1. The van der Waals surface area contributed by atoms with Crippen molar-refractivity contribution in [3.63, 3.8) is 0 Å². The molecule has 1 aromatic heterocycles. The molecule has 2 atom stereocenters. The molecule has 2 aliphatic heterocycles. The Bertz CT molecular complexity index is 1140. The van der Waals surface area contributed by atoms with E-state index >= 15 is 0 Å². The van der Waals surface area contributed by atoms with E-state index in [1.54, 1.807) is 29.2 Å². The molecule has 0 spiro atoms. The summed E-state index contributed by atoms with van der Waals surface area (Å²) >= 11 is 0. The first-order chi connectivity index (χ1) is 15.3. The summed E-state index contributed by atoms with van der Waals surface area (Å²) in [5.41, 5.74) is 1.07. The molecule has 2 amide bonds. The van der Waals surface area contributed by atoms with Gasteiger partial charge in [0, 0.05) is 38.1 Å². The minimum atomic E-state index is -0.771. The lowest BCUT2D eigenvalue weighted by Gasteiger charge is -2.37. The van der Waals surface area contributed by atoms with E-state index < -0.39 is 11.7 Å². The summed E-state index contributed by atoms with van der Waals surface area (Å²) in [4.78, 5) is 34.0. The van der Waals surface area contributed by atoms with Gasteiger partial charge in [-0.3, -0.25) is 9.59 Å². The second-order valence-electron chi connectivity index (χ2n) is 8.13. The first-order valence-corrected chi connectivity index (χ1v) is 10.3. The van der Waals surface area contributed by atoms with E-state index in [4.69, 9.17) is 5.26 Å². The molecular formula is C23H23FN6O2. The quantitative estimate of drug-likeness (QED) is 0.739. The molecule has 2 aliphatic rings. The van der Waals surface area contributed by atoms with Gasteiger partial charge in [0.05, 0.1) is 11.1 Å². The molecule has 0 bridgehead atoms. The zero-order valence-electron chi connectivity index (χ0n) is 18.1. The minimum Gasteiger partial charge on any atom is -0.336 e. The molecule has 32 heavy (non-hydrogen) atoms. The van der Waals surface area contributed by atoms with Crippen molar-refractivity contribution in [3.05, 3.63) is 58.5 Å². The van der Waals surface area contributed by atoms with Crippen LogP contribution < -0.4 is 5.01 Å². The highest BCUT2D eigenvalue weighted by molar-refractivity contribution is 6.12. The average molecular weight is 434 g/mol. The van der Waals surface area contributed by atoms with E-state index in [0.717, 1.165) is 11.6 Å². The fourth-order valence-electron chi connectivity index (χ4n) is 3.95. The van der Waals surface area contributed by atoms with E-state index in [1.807, 2.05) is 7.05 Å². The molecule has 0 saturated carbocycles. The summed E-state index contributed by atoms with van der Waals surface area (Å²) in [6, 6.07) is 8.22. The van der Waals surface area contributed by atoms with Gasteiger partial charge in [0.2, 0.25) is 0 Å². The standard InChI is InChI=1S/C23H23FN6O2/c1-14-13-29(9-8-28(14)3)22(31)17-5-7-20(26-11-17)30-23(32)19(12-27-30)18-6-4-16(10-25)21(24)15(18)2/h4-7,11-12,14,19H,8-9,13H2,1-3H3/t14-,19?/m1/s1. The molecular weight excluding hydrogens is 411 g/mol. The predicted octanol–water partition coefficient (Wildman–Crippen LogP) is 2.29. The number of hydrogen-bond donors (Lipinski definition) is 0. The van der Waals surface area contributed by atoms with Crippen molar-refractivity contribution in [3.8, 4) is 6.07 Å². The van der Waals surface area contributed by atoms with Gasteiger partial charge in [-0.2, -0.15) is 15.4 Å². The summed E-state index contributed by atoms with van der Waals surface area (Å²) in [5, 5.41) is 14.3. The second kappa shape index (κ2) is 8.48. The molecule has 8 nitrogen and oxygen atoms in total. The number of carbonyl (C=O) groups excluding carboxylic acids is 2. The maximum atomic E-state index is 14.3. The number of carbonyl (C=O) groups is 2. The molecule has 9 heteroatoms. The second-order valence-corrected chi connectivity index (χ2v) is 8.13. The summed E-state index contributed by atoms with van der Waals surface area (Å²) in [6.45, 7) is 5.72. The lowest BCUT2D eigenvalue weighted by atomic mass is 9.93. The number of amides is 2. The van der Waals surface area contributed by atoms with Gasteiger partial charge >= 0.3 is 0 Å². The lowest BCUT2D eigenvalue weighted by molar-refractivity contribution is -0.118. The molecule has 1 fully saturated rings. The van der Waals surface area contributed by atoms with Gasteiger partial charge in [-0.05, 0) is 50.2 Å². The van der Waals surface area contributed by atoms with E-state index in [0.29, 0.717) is 24.2 Å². The SMILES string of the molecule is Cc1c(C2C=NN(c3ccc(C(=O)N4CCN(C)[C@H](C)C4)cn3)C2=O)ccc(C#N)c1F. The Morgan fingerprint density at radius 3 is 2.69 bits per heavy atom. The maximum absolute atomic E-state index is 14.3. The van der Waals surface area contributed by atoms with Crippen molar-refractivity contribution in [2.75, 3.05) is 31.7 Å². The number of pyridine rings is 1. The van der Waals surface area contributed by atoms with Crippen molar-refractivity contribution in [1.29, 1.82) is 5.26 Å². The first-order valence-electron chi connectivity index (χ1n) is 10.3. The number of hydrazone groups is 1. The van der Waals surface area contributed by atoms with Gasteiger partial charge in [-0.15, -0.1) is 0 Å². The Labute approximate surface area is 185 Å². The number of nitriles is 1. The van der Waals surface area contributed by atoms with Gasteiger partial charge in [-0.25, -0.2) is 9.37 Å². The van der Waals surface area contributed by atoms with Crippen LogP contribution in [0.2, 0.25) is 0 Å². The van der Waals surface area contributed by atoms with E-state index in [1.165, 1.54) is 25.4 Å². The van der Waals surface area contributed by atoms with Crippen LogP contribution in [0.25, 0.3) is 0 Å². The van der Waals surface area contributed by atoms with Crippen molar-refractivity contribution in [2.24, 2.45) is 5.10 Å². The molecule has 0 radical (unpaired) electrons. The van der Waals surface area contributed by atoms with Crippen molar-refractivity contribution < 1.29 is 14.0 Å². The molecule has 0 N–H and O–H groups in total. The molecule has 1 aromatic carbocycles. The van der Waals surface area contributed by atoms with E-state index in [-0.39, 0.29) is 34.8 Å². The van der Waals surface area contributed by atoms with Crippen LogP contribution in [-0.4, -0.2) is 65.5 Å². The third kappa shape index (κ3) is 3.74. The maximum Gasteiger partial charge on any atom is 0.261 e. The van der Waals surface area contributed by atoms with Crippen molar-refractivity contribution in [2.45, 2.75) is 25.8 Å². The zero-order chi connectivity index (χ0) is 23.0. The lowest BCUT2D eigenvalue weighted by Crippen LogP contribution is -2.52. The highest BCUT2D eigenvalue weighted by Crippen LogP contribution is 2.30. The normalized spacial score (nSPS) is 21.2. The third-order valence-electron chi connectivity index (χ3n) is 6.15. The Balaban J connectivity index is 1.50. The molecule has 2 aromatic rings. The van der Waals surface area contributed by atoms with Gasteiger partial charge in [-0.1, -0.05) is 6.07 Å². The van der Waals surface area contributed by atoms with Crippen LogP contribution in [0, 0.1) is 24.1 Å². The van der Waals surface area contributed by atoms with Gasteiger partial charge < -0.3 is 9.80 Å². The van der Waals surface area contributed by atoms with Crippen molar-refractivity contribution in [1.82, 2.24) is 14.8 Å². The molecule has 1 saturated heterocycles. The molecule has 4 rings (SSSR count). The number of anilines is 1. The van der Waals surface area contributed by atoms with E-state index in [2.05, 4.69) is 21.9 Å². The van der Waals surface area contributed by atoms with Gasteiger partial charge in [0.15, 0.2) is 5.82 Å². The smallest absolute Gasteiger partial charge is 0.261 e. The number of hydrogen-bond acceptors (Lipinski definition) is 6. The number of rotatable bonds is 3. The van der Waals surface area contributed by atoms with Crippen LogP contribution in [0.5, 0.6) is 0 Å². The van der Waals surface area contributed by atoms with Gasteiger partial charge in [0.1, 0.15) is 17.8 Å². The van der Waals surface area contributed by atoms with Crippen LogP contribution in [-0.2, 0) is 4.79 Å².